The molecule has 0 radical (unpaired) electrons. The van der Waals surface area contributed by atoms with E-state index >= 15 is 0 Å². The Hall–Kier alpha value is -2.96. The van der Waals surface area contributed by atoms with Gasteiger partial charge in [0.15, 0.2) is 5.16 Å². The molecule has 2 aliphatic rings. The molecule has 1 atom stereocenters. The van der Waals surface area contributed by atoms with Crippen molar-refractivity contribution in [1.29, 1.82) is 0 Å². The summed E-state index contributed by atoms with van der Waals surface area (Å²) in [5.74, 6) is 2.52. The summed E-state index contributed by atoms with van der Waals surface area (Å²) in [6, 6.07) is 8.00. The summed E-state index contributed by atoms with van der Waals surface area (Å²) < 4.78 is 13.6. The minimum Gasteiger partial charge on any atom is -0.378 e. The Kier molecular flexibility index (Phi) is 7.07. The molecule has 11 nitrogen and oxygen atoms in total. The fourth-order valence-electron chi connectivity index (χ4n) is 3.99. The number of morpholine rings is 1. The zero-order valence-electron chi connectivity index (χ0n) is 19.2. The second-order valence-electron chi connectivity index (χ2n) is 8.34. The van der Waals surface area contributed by atoms with Crippen molar-refractivity contribution in [3.8, 4) is 0 Å². The first-order valence-electron chi connectivity index (χ1n) is 11.5. The second-order valence-corrected chi connectivity index (χ2v) is 9.28. The summed E-state index contributed by atoms with van der Waals surface area (Å²) in [6.45, 7) is 6.55. The van der Waals surface area contributed by atoms with Gasteiger partial charge in [0, 0.05) is 25.4 Å². The normalized spacial score (nSPS) is 18.4. The third-order valence-electron chi connectivity index (χ3n) is 5.74. The summed E-state index contributed by atoms with van der Waals surface area (Å²) in [5.41, 5.74) is 8.04. The van der Waals surface area contributed by atoms with Crippen LogP contribution in [0.5, 0.6) is 0 Å². The van der Waals surface area contributed by atoms with Gasteiger partial charge >= 0.3 is 0 Å². The zero-order chi connectivity index (χ0) is 23.3. The van der Waals surface area contributed by atoms with Gasteiger partial charge in [-0.15, -0.1) is 10.2 Å². The Morgan fingerprint density at radius 1 is 1.09 bits per heavy atom. The maximum atomic E-state index is 5.97. The van der Waals surface area contributed by atoms with E-state index in [1.807, 2.05) is 31.2 Å². The Morgan fingerprint density at radius 2 is 1.91 bits per heavy atom. The fourth-order valence-corrected chi connectivity index (χ4v) is 4.79. The number of thioether (sulfide) groups is 1. The number of aryl methyl sites for hydroxylation is 1. The van der Waals surface area contributed by atoms with E-state index in [9.17, 15) is 0 Å². The van der Waals surface area contributed by atoms with Gasteiger partial charge in [0.25, 0.3) is 0 Å². The predicted molar refractivity (Wildman–Crippen MR) is 130 cm³/mol. The lowest BCUT2D eigenvalue weighted by molar-refractivity contribution is 0.0942. The third-order valence-corrected chi connectivity index (χ3v) is 6.70. The van der Waals surface area contributed by atoms with Crippen molar-refractivity contribution in [3.05, 3.63) is 35.7 Å². The number of nitrogens with one attached hydrogen (secondary N) is 1. The quantitative estimate of drug-likeness (QED) is 0.458. The minimum atomic E-state index is 0.174. The third kappa shape index (κ3) is 5.57. The summed E-state index contributed by atoms with van der Waals surface area (Å²) in [6.07, 6.45) is 2.31. The van der Waals surface area contributed by atoms with Gasteiger partial charge < -0.3 is 25.4 Å². The van der Waals surface area contributed by atoms with Crippen molar-refractivity contribution in [2.24, 2.45) is 0 Å². The van der Waals surface area contributed by atoms with Crippen LogP contribution < -0.4 is 16.0 Å². The molecule has 0 spiro atoms. The number of nitrogens with two attached hydrogens (primary N) is 1. The summed E-state index contributed by atoms with van der Waals surface area (Å²) in [5, 5.41) is 13.0. The highest BCUT2D eigenvalue weighted by atomic mass is 32.2. The highest BCUT2D eigenvalue weighted by Crippen LogP contribution is 2.27. The monoisotopic (exact) mass is 483 g/mol. The van der Waals surface area contributed by atoms with Crippen LogP contribution in [0.4, 0.5) is 23.5 Å². The molecule has 0 bridgehead atoms. The van der Waals surface area contributed by atoms with Crippen LogP contribution in [0.25, 0.3) is 0 Å². The van der Waals surface area contributed by atoms with E-state index in [4.69, 9.17) is 15.2 Å². The molecule has 4 heterocycles. The average Bonchev–Trinajstić information content (AvgIpc) is 3.50. The molecule has 1 aromatic carbocycles. The van der Waals surface area contributed by atoms with Gasteiger partial charge in [-0.1, -0.05) is 29.5 Å². The average molecular weight is 484 g/mol. The van der Waals surface area contributed by atoms with E-state index in [0.717, 1.165) is 55.9 Å². The van der Waals surface area contributed by atoms with Crippen LogP contribution in [0.15, 0.2) is 29.4 Å². The summed E-state index contributed by atoms with van der Waals surface area (Å²) in [7, 11) is 0. The van der Waals surface area contributed by atoms with E-state index in [1.165, 1.54) is 17.3 Å². The minimum absolute atomic E-state index is 0.174. The van der Waals surface area contributed by atoms with E-state index < -0.39 is 0 Å². The van der Waals surface area contributed by atoms with Crippen LogP contribution in [-0.4, -0.2) is 68.7 Å². The largest absolute Gasteiger partial charge is 0.378 e. The summed E-state index contributed by atoms with van der Waals surface area (Å²) >= 11 is 1.53. The molecule has 3 N–H and O–H groups in total. The number of hydrogen-bond acceptors (Lipinski definition) is 11. The number of hydrogen-bond donors (Lipinski definition) is 2. The Balaban J connectivity index is 1.32. The van der Waals surface area contributed by atoms with Crippen molar-refractivity contribution in [2.75, 3.05) is 48.9 Å². The van der Waals surface area contributed by atoms with Gasteiger partial charge in [-0.3, -0.25) is 4.57 Å². The number of benzene rings is 1. The van der Waals surface area contributed by atoms with Crippen LogP contribution in [0, 0.1) is 6.92 Å². The topological polar surface area (TPSA) is 129 Å². The lowest BCUT2D eigenvalue weighted by atomic mass is 10.2. The molecule has 2 saturated heterocycles. The van der Waals surface area contributed by atoms with Crippen LogP contribution in [0.2, 0.25) is 0 Å². The van der Waals surface area contributed by atoms with E-state index in [2.05, 4.69) is 39.9 Å². The predicted octanol–water partition coefficient (Wildman–Crippen LogP) is 2.41. The van der Waals surface area contributed by atoms with Crippen LogP contribution in [-0.2, 0) is 21.8 Å². The molecular weight excluding hydrogens is 454 g/mol. The molecule has 12 heteroatoms. The molecule has 3 aromatic rings. The lowest BCUT2D eigenvalue weighted by Gasteiger charge is -2.28. The van der Waals surface area contributed by atoms with Gasteiger partial charge in [0.05, 0.1) is 31.6 Å². The first-order chi connectivity index (χ1) is 16.6. The molecular formula is C22H29N9O2S. The van der Waals surface area contributed by atoms with Crippen LogP contribution in [0.1, 0.15) is 24.2 Å². The van der Waals surface area contributed by atoms with E-state index in [1.54, 1.807) is 0 Å². The van der Waals surface area contributed by atoms with Gasteiger partial charge in [-0.25, -0.2) is 0 Å². The van der Waals surface area contributed by atoms with Crippen molar-refractivity contribution < 1.29 is 9.47 Å². The number of anilines is 4. The van der Waals surface area contributed by atoms with Gasteiger partial charge in [0.1, 0.15) is 5.82 Å². The fraction of sp³-hybridized carbons (Fsp3) is 0.500. The molecule has 1 unspecified atom stereocenters. The van der Waals surface area contributed by atoms with Crippen molar-refractivity contribution in [1.82, 2.24) is 29.7 Å². The van der Waals surface area contributed by atoms with Gasteiger partial charge in [-0.2, -0.15) is 15.0 Å². The first kappa shape index (κ1) is 22.8. The molecule has 2 fully saturated rings. The smallest absolute Gasteiger partial charge is 0.232 e. The Bertz CT molecular complexity index is 1100. The number of ether oxygens (including phenoxy) is 2. The van der Waals surface area contributed by atoms with Crippen LogP contribution in [0.3, 0.4) is 0 Å². The second kappa shape index (κ2) is 10.5. The van der Waals surface area contributed by atoms with Crippen molar-refractivity contribution >= 4 is 35.3 Å². The summed E-state index contributed by atoms with van der Waals surface area (Å²) in [4.78, 5) is 15.3. The van der Waals surface area contributed by atoms with Crippen molar-refractivity contribution in [3.63, 3.8) is 0 Å². The van der Waals surface area contributed by atoms with Crippen molar-refractivity contribution in [2.45, 2.75) is 43.3 Å². The molecule has 34 heavy (non-hydrogen) atoms. The molecule has 0 amide bonds. The van der Waals surface area contributed by atoms with Gasteiger partial charge in [-0.05, 0) is 31.9 Å². The molecule has 2 aliphatic heterocycles. The zero-order valence-corrected chi connectivity index (χ0v) is 20.0. The number of aromatic nitrogens is 6. The molecule has 2 aromatic heterocycles. The molecule has 0 aliphatic carbocycles. The standard InChI is InChI=1S/C22H29N9O2S/c1-15-4-6-16(7-5-15)24-20-26-18(25-19(23)27-20)14-34-22-29-28-21(30-8-11-32-12-9-30)31(22)13-17-3-2-10-33-17/h4-7,17H,2-3,8-14H2,1H3,(H3,23,24,25,26,27). The van der Waals surface area contributed by atoms with E-state index in [-0.39, 0.29) is 12.1 Å². The highest BCUT2D eigenvalue weighted by Gasteiger charge is 2.25. The maximum absolute atomic E-state index is 5.97. The SMILES string of the molecule is Cc1ccc(Nc2nc(N)nc(CSc3nnc(N4CCOCC4)n3CC3CCCO3)n2)cc1. The molecule has 180 valence electrons. The number of rotatable bonds is 8. The van der Waals surface area contributed by atoms with E-state index in [0.29, 0.717) is 30.7 Å². The number of nitrogens with zero attached hydrogens (tertiary/aromatic N) is 7. The van der Waals surface area contributed by atoms with Crippen LogP contribution >= 0.6 is 11.8 Å². The number of nitrogen functional groups attached to an aromatic ring is 1. The highest BCUT2D eigenvalue weighted by molar-refractivity contribution is 7.98. The Morgan fingerprint density at radius 3 is 2.68 bits per heavy atom. The van der Waals surface area contributed by atoms with Gasteiger partial charge in [0.2, 0.25) is 17.8 Å². The Labute approximate surface area is 202 Å². The molecule has 0 saturated carbocycles. The molecule has 5 rings (SSSR count). The lowest BCUT2D eigenvalue weighted by Crippen LogP contribution is -2.38. The maximum Gasteiger partial charge on any atom is 0.232 e. The first-order valence-corrected chi connectivity index (χ1v) is 12.5.